The molecule has 0 spiro atoms. The van der Waals surface area contributed by atoms with Gasteiger partial charge in [0, 0.05) is 17.4 Å². The standard InChI is InChI=1S/C24H23N3OS/c1-2-7-17(8-3-1)20-9-6-16-25-23(20)28-19-14-12-18(13-15-19)26-24-27-21-10-4-5-11-22(21)29-24/h4-6,9-17H,1-3,7-8H2,(H,26,27). The van der Waals surface area contributed by atoms with Crippen LogP contribution in [-0.2, 0) is 0 Å². The second kappa shape index (κ2) is 8.21. The molecule has 0 saturated heterocycles. The number of thiazole rings is 1. The van der Waals surface area contributed by atoms with Crippen LogP contribution in [0.3, 0.4) is 0 Å². The van der Waals surface area contributed by atoms with Gasteiger partial charge in [0.05, 0.1) is 10.2 Å². The molecule has 29 heavy (non-hydrogen) atoms. The molecule has 0 aliphatic heterocycles. The third-order valence-electron chi connectivity index (χ3n) is 5.46. The molecule has 0 amide bonds. The molecule has 0 radical (unpaired) electrons. The van der Waals surface area contributed by atoms with Crippen LogP contribution in [0.25, 0.3) is 10.2 Å². The highest BCUT2D eigenvalue weighted by molar-refractivity contribution is 7.22. The largest absolute Gasteiger partial charge is 0.439 e. The van der Waals surface area contributed by atoms with Gasteiger partial charge in [0.1, 0.15) is 5.75 Å². The van der Waals surface area contributed by atoms with Gasteiger partial charge in [0.15, 0.2) is 5.13 Å². The molecule has 146 valence electrons. The van der Waals surface area contributed by atoms with Crippen LogP contribution < -0.4 is 10.1 Å². The van der Waals surface area contributed by atoms with Crippen LogP contribution in [0.1, 0.15) is 43.6 Å². The van der Waals surface area contributed by atoms with Gasteiger partial charge in [-0.25, -0.2) is 9.97 Å². The fraction of sp³-hybridized carbons (Fsp3) is 0.250. The van der Waals surface area contributed by atoms with Crippen LogP contribution >= 0.6 is 11.3 Å². The molecule has 0 unspecified atom stereocenters. The van der Waals surface area contributed by atoms with Crippen LogP contribution in [0.5, 0.6) is 11.6 Å². The number of para-hydroxylation sites is 1. The number of nitrogens with one attached hydrogen (secondary N) is 1. The summed E-state index contributed by atoms with van der Waals surface area (Å²) in [6.45, 7) is 0. The van der Waals surface area contributed by atoms with Crippen LogP contribution in [0.2, 0.25) is 0 Å². The number of aromatic nitrogens is 2. The lowest BCUT2D eigenvalue weighted by Crippen LogP contribution is -2.06. The molecule has 2 aromatic carbocycles. The average Bonchev–Trinajstić information content (AvgIpc) is 3.18. The van der Waals surface area contributed by atoms with Gasteiger partial charge in [-0.2, -0.15) is 0 Å². The monoisotopic (exact) mass is 401 g/mol. The Bertz CT molecular complexity index is 1070. The predicted molar refractivity (Wildman–Crippen MR) is 119 cm³/mol. The molecular weight excluding hydrogens is 378 g/mol. The van der Waals surface area contributed by atoms with E-state index in [2.05, 4.69) is 27.4 Å². The minimum Gasteiger partial charge on any atom is -0.439 e. The zero-order valence-corrected chi connectivity index (χ0v) is 17.0. The van der Waals surface area contributed by atoms with Gasteiger partial charge in [0.2, 0.25) is 5.88 Å². The summed E-state index contributed by atoms with van der Waals surface area (Å²) < 4.78 is 7.34. The molecule has 4 nitrogen and oxygen atoms in total. The molecule has 1 N–H and O–H groups in total. The lowest BCUT2D eigenvalue weighted by atomic mass is 9.84. The van der Waals surface area contributed by atoms with E-state index < -0.39 is 0 Å². The first-order chi connectivity index (χ1) is 14.3. The Balaban J connectivity index is 1.31. The maximum Gasteiger partial charge on any atom is 0.222 e. The number of benzene rings is 2. The van der Waals surface area contributed by atoms with Gasteiger partial charge in [-0.3, -0.25) is 0 Å². The first-order valence-electron chi connectivity index (χ1n) is 10.2. The van der Waals surface area contributed by atoms with Gasteiger partial charge >= 0.3 is 0 Å². The third-order valence-corrected chi connectivity index (χ3v) is 6.41. The van der Waals surface area contributed by atoms with Crippen molar-refractivity contribution in [3.05, 3.63) is 72.4 Å². The van der Waals surface area contributed by atoms with Crippen molar-refractivity contribution in [1.82, 2.24) is 9.97 Å². The molecule has 4 aromatic rings. The molecule has 2 aromatic heterocycles. The first-order valence-corrected chi connectivity index (χ1v) is 11.0. The summed E-state index contributed by atoms with van der Waals surface area (Å²) >= 11 is 1.65. The number of fused-ring (bicyclic) bond motifs is 1. The van der Waals surface area contributed by atoms with E-state index in [1.54, 1.807) is 11.3 Å². The van der Waals surface area contributed by atoms with Gasteiger partial charge < -0.3 is 10.1 Å². The summed E-state index contributed by atoms with van der Waals surface area (Å²) in [5.41, 5.74) is 3.25. The second-order valence-electron chi connectivity index (χ2n) is 7.47. The van der Waals surface area contributed by atoms with Gasteiger partial charge in [-0.15, -0.1) is 0 Å². The topological polar surface area (TPSA) is 47.0 Å². The molecule has 5 rings (SSSR count). The number of pyridine rings is 1. The Kier molecular flexibility index (Phi) is 5.13. The van der Waals surface area contributed by atoms with Crippen molar-refractivity contribution in [1.29, 1.82) is 0 Å². The number of hydrogen-bond donors (Lipinski definition) is 1. The average molecular weight is 402 g/mol. The molecule has 1 aliphatic rings. The fourth-order valence-electron chi connectivity index (χ4n) is 3.98. The van der Waals surface area contributed by atoms with Crippen molar-refractivity contribution in [2.75, 3.05) is 5.32 Å². The molecule has 0 bridgehead atoms. The van der Waals surface area contributed by atoms with Crippen molar-refractivity contribution in [2.24, 2.45) is 0 Å². The molecule has 5 heteroatoms. The summed E-state index contributed by atoms with van der Waals surface area (Å²) in [5, 5.41) is 4.28. The highest BCUT2D eigenvalue weighted by atomic mass is 32.1. The third kappa shape index (κ3) is 4.10. The molecule has 1 fully saturated rings. The lowest BCUT2D eigenvalue weighted by Gasteiger charge is -2.23. The molecule has 1 saturated carbocycles. The van der Waals surface area contributed by atoms with Crippen LogP contribution in [-0.4, -0.2) is 9.97 Å². The van der Waals surface area contributed by atoms with Crippen molar-refractivity contribution in [2.45, 2.75) is 38.0 Å². The van der Waals surface area contributed by atoms with Gasteiger partial charge in [0.25, 0.3) is 0 Å². The Morgan fingerprint density at radius 3 is 2.55 bits per heavy atom. The van der Waals surface area contributed by atoms with Crippen LogP contribution in [0.15, 0.2) is 66.9 Å². The fourth-order valence-corrected chi connectivity index (χ4v) is 4.87. The number of nitrogens with zero attached hydrogens (tertiary/aromatic N) is 2. The second-order valence-corrected chi connectivity index (χ2v) is 8.50. The number of anilines is 2. The van der Waals surface area contributed by atoms with E-state index in [9.17, 15) is 0 Å². The lowest BCUT2D eigenvalue weighted by molar-refractivity contribution is 0.410. The summed E-state index contributed by atoms with van der Waals surface area (Å²) in [6.07, 6.45) is 8.21. The van der Waals surface area contributed by atoms with Crippen molar-refractivity contribution in [3.63, 3.8) is 0 Å². The number of ether oxygens (including phenoxy) is 1. The summed E-state index contributed by atoms with van der Waals surface area (Å²) in [6, 6.07) is 20.4. The smallest absolute Gasteiger partial charge is 0.222 e. The Morgan fingerprint density at radius 1 is 0.897 bits per heavy atom. The molecule has 1 aliphatic carbocycles. The maximum absolute atomic E-state index is 6.16. The van der Waals surface area contributed by atoms with E-state index in [0.717, 1.165) is 28.0 Å². The zero-order valence-electron chi connectivity index (χ0n) is 16.2. The van der Waals surface area contributed by atoms with Gasteiger partial charge in [-0.1, -0.05) is 48.8 Å². The Morgan fingerprint density at radius 2 is 1.72 bits per heavy atom. The number of hydrogen-bond acceptors (Lipinski definition) is 5. The molecule has 2 heterocycles. The quantitative estimate of drug-likeness (QED) is 0.382. The minimum atomic E-state index is 0.562. The van der Waals surface area contributed by atoms with E-state index in [1.165, 1.54) is 42.4 Å². The summed E-state index contributed by atoms with van der Waals surface area (Å²) in [7, 11) is 0. The summed E-state index contributed by atoms with van der Waals surface area (Å²) in [5.74, 6) is 2.11. The van der Waals surface area contributed by atoms with E-state index >= 15 is 0 Å². The van der Waals surface area contributed by atoms with Crippen molar-refractivity contribution >= 4 is 32.4 Å². The molecular formula is C24H23N3OS. The van der Waals surface area contributed by atoms with Crippen LogP contribution in [0, 0.1) is 0 Å². The highest BCUT2D eigenvalue weighted by Crippen LogP contribution is 2.38. The van der Waals surface area contributed by atoms with Crippen molar-refractivity contribution in [3.8, 4) is 11.6 Å². The van der Waals surface area contributed by atoms with E-state index in [0.29, 0.717) is 5.92 Å². The Labute approximate surface area is 174 Å². The summed E-state index contributed by atoms with van der Waals surface area (Å²) in [4.78, 5) is 9.15. The number of rotatable bonds is 5. The zero-order chi connectivity index (χ0) is 19.5. The van der Waals surface area contributed by atoms with Crippen LogP contribution in [0.4, 0.5) is 10.8 Å². The van der Waals surface area contributed by atoms with Gasteiger partial charge in [-0.05, 0) is 61.2 Å². The first kappa shape index (κ1) is 18.1. The van der Waals surface area contributed by atoms with E-state index in [1.807, 2.05) is 54.7 Å². The normalized spacial score (nSPS) is 14.8. The predicted octanol–water partition coefficient (Wildman–Crippen LogP) is 7.27. The van der Waals surface area contributed by atoms with E-state index in [-0.39, 0.29) is 0 Å². The minimum absolute atomic E-state index is 0.562. The molecule has 0 atom stereocenters. The maximum atomic E-state index is 6.16. The van der Waals surface area contributed by atoms with Crippen molar-refractivity contribution < 1.29 is 4.74 Å². The highest BCUT2D eigenvalue weighted by Gasteiger charge is 2.20. The SMILES string of the molecule is c1cnc(Oc2ccc(Nc3nc4ccccc4s3)cc2)c(C2CCCCC2)c1. The Hall–Kier alpha value is -2.92. The van der Waals surface area contributed by atoms with E-state index in [4.69, 9.17) is 4.74 Å².